The average molecular weight is 1210 g/mol. The normalized spacial score (nSPS) is 18.5. The number of carbonyl (C=O) groups excluding carboxylic acids is 1. The maximum absolute atomic E-state index is 12.2. The van der Waals surface area contributed by atoms with Crippen molar-refractivity contribution in [2.24, 2.45) is 5.41 Å². The Morgan fingerprint density at radius 2 is 1.10 bits per heavy atom. The summed E-state index contributed by atoms with van der Waals surface area (Å²) in [4.78, 5) is 15.4. The molecule has 1 N–H and O–H groups in total. The highest BCUT2D eigenvalue weighted by Crippen LogP contribution is 2.73. The van der Waals surface area contributed by atoms with Crippen molar-refractivity contribution in [1.29, 1.82) is 0 Å². The van der Waals surface area contributed by atoms with E-state index in [1.807, 2.05) is 6.92 Å². The van der Waals surface area contributed by atoms with Crippen LogP contribution in [0.2, 0.25) is 0 Å². The van der Waals surface area contributed by atoms with E-state index in [0.717, 1.165) is 113 Å². The first kappa shape index (κ1) is 71.6. The molecule has 5 rings (SSSR count). The molecular weight excluding hydrogens is 1100 g/mol. The number of rotatable bonds is 40. The molecule has 4 aromatic rings. The Kier molecular flexibility index (Phi) is 27.2. The van der Waals surface area contributed by atoms with Crippen molar-refractivity contribution in [3.8, 4) is 22.6 Å². The molecule has 7 nitrogen and oxygen atoms in total. The summed E-state index contributed by atoms with van der Waals surface area (Å²) in [5.74, 6) is 7.53. The fourth-order valence-corrected chi connectivity index (χ4v) is 19.2. The van der Waals surface area contributed by atoms with Gasteiger partial charge in [-0.05, 0) is 218 Å². The number of amides is 1. The monoisotopic (exact) mass is 1210 g/mol. The lowest BCUT2D eigenvalue weighted by molar-refractivity contribution is -0.123. The fraction of sp³-hybridized carbons (Fsp3) is 0.662. The van der Waals surface area contributed by atoms with Gasteiger partial charge in [-0.15, -0.1) is 0 Å². The van der Waals surface area contributed by atoms with E-state index in [2.05, 4.69) is 231 Å². The van der Waals surface area contributed by atoms with Gasteiger partial charge >= 0.3 is 0 Å². The van der Waals surface area contributed by atoms with Gasteiger partial charge in [0.2, 0.25) is 5.91 Å². The molecule has 0 radical (unpaired) electrons. The van der Waals surface area contributed by atoms with Crippen LogP contribution < -0.4 is 14.8 Å². The number of hydrogen-bond donors (Lipinski definition) is 1. The minimum absolute atomic E-state index is 0.0705. The minimum Gasteiger partial charge on any atom is -0.497 e. The van der Waals surface area contributed by atoms with Crippen LogP contribution in [0.3, 0.4) is 0 Å². The summed E-state index contributed by atoms with van der Waals surface area (Å²) >= 11 is 4.33. The summed E-state index contributed by atoms with van der Waals surface area (Å²) in [6, 6.07) is 33.1. The van der Waals surface area contributed by atoms with Gasteiger partial charge in [0.05, 0.1) is 37.6 Å². The predicted octanol–water partition coefficient (Wildman–Crippen LogP) is 20.2. The van der Waals surface area contributed by atoms with E-state index in [4.69, 9.17) is 23.7 Å². The highest BCUT2D eigenvalue weighted by molar-refractivity contribution is 8.34. The Hall–Kier alpha value is -3.12. The second kappa shape index (κ2) is 31.9. The summed E-state index contributed by atoms with van der Waals surface area (Å²) in [5, 5.41) is 2.90. The third kappa shape index (κ3) is 19.2. The van der Waals surface area contributed by atoms with Gasteiger partial charge in [-0.25, -0.2) is 0 Å². The van der Waals surface area contributed by atoms with Crippen molar-refractivity contribution < 1.29 is 28.5 Å². The van der Waals surface area contributed by atoms with Crippen LogP contribution in [0.25, 0.3) is 11.1 Å². The lowest BCUT2D eigenvalue weighted by Crippen LogP contribution is -2.34. The molecule has 1 aliphatic rings. The van der Waals surface area contributed by atoms with Crippen LogP contribution in [0.1, 0.15) is 230 Å². The molecule has 0 saturated heterocycles. The predicted molar refractivity (Wildman–Crippen MR) is 367 cm³/mol. The molecule has 6 unspecified atom stereocenters. The summed E-state index contributed by atoms with van der Waals surface area (Å²) in [5.41, 5.74) is 7.09. The van der Waals surface area contributed by atoms with Crippen LogP contribution in [0.15, 0.2) is 94.7 Å². The molecule has 1 amide bonds. The van der Waals surface area contributed by atoms with Gasteiger partial charge in [-0.2, -0.15) is 33.6 Å². The lowest BCUT2D eigenvalue weighted by Gasteiger charge is -2.41. The van der Waals surface area contributed by atoms with E-state index >= 15 is 0 Å². The largest absolute Gasteiger partial charge is 0.497 e. The molecule has 0 aliphatic carbocycles. The molecule has 6 atom stereocenters. The minimum atomic E-state index is -1.55. The molecule has 1 aliphatic heterocycles. The molecule has 0 bridgehead atoms. The molecule has 0 spiro atoms. The Morgan fingerprint density at radius 3 is 1.58 bits per heavy atom. The van der Waals surface area contributed by atoms with Crippen LogP contribution >= 0.6 is 33.6 Å². The van der Waals surface area contributed by atoms with Crippen molar-refractivity contribution in [2.45, 2.75) is 256 Å². The van der Waals surface area contributed by atoms with Gasteiger partial charge in [0.25, 0.3) is 0 Å². The van der Waals surface area contributed by atoms with Crippen LogP contribution in [0.4, 0.5) is 0 Å². The first-order valence-electron chi connectivity index (χ1n) is 32.6. The van der Waals surface area contributed by atoms with Gasteiger partial charge in [-0.1, -0.05) is 124 Å². The first-order chi connectivity index (χ1) is 39.7. The second-order valence-corrected chi connectivity index (χ2v) is 33.5. The summed E-state index contributed by atoms with van der Waals surface area (Å²) in [6.07, 6.45) is 13.0. The zero-order valence-corrected chi connectivity index (χ0v) is 58.8. The molecule has 0 fully saturated rings. The van der Waals surface area contributed by atoms with Crippen molar-refractivity contribution in [1.82, 2.24) is 5.32 Å². The highest BCUT2D eigenvalue weighted by Gasteiger charge is 2.42. The Labute approximate surface area is 523 Å². The zero-order chi connectivity index (χ0) is 62.0. The van der Waals surface area contributed by atoms with E-state index in [9.17, 15) is 4.79 Å². The van der Waals surface area contributed by atoms with E-state index in [-0.39, 0.29) is 38.6 Å². The van der Waals surface area contributed by atoms with Crippen molar-refractivity contribution >= 4 is 39.5 Å². The summed E-state index contributed by atoms with van der Waals surface area (Å²) < 4.78 is 31.8. The lowest BCUT2D eigenvalue weighted by atomic mass is 9.73. The third-order valence-corrected chi connectivity index (χ3v) is 26.6. The van der Waals surface area contributed by atoms with E-state index in [1.165, 1.54) is 44.9 Å². The van der Waals surface area contributed by atoms with Gasteiger partial charge in [0, 0.05) is 57.1 Å². The number of ether oxygens (including phenoxy) is 5. The topological polar surface area (TPSA) is 75.2 Å². The van der Waals surface area contributed by atoms with Crippen molar-refractivity contribution in [3.05, 3.63) is 107 Å². The molecule has 0 saturated carbocycles. The Morgan fingerprint density at radius 1 is 0.583 bits per heavy atom. The number of thioether (sulfide) groups is 2. The number of fused-ring (bicyclic) bond motifs is 3. The number of benzene rings is 4. The fourth-order valence-electron chi connectivity index (χ4n) is 11.8. The SMILES string of the molecule is CCCC(C)(C)OCCC(C)(CC)SCCCS1(CCCSCC(C)(CC)COC(C)CC)c2cc(C(C)(CC)c3ccc(OC)cc3)ccc2-c2ccc(C(C)(CC)c3ccc(OC(C)(C)CCOC(C)(C)CCC(=O)NCC)cc3)cc21. The second-order valence-electron chi connectivity index (χ2n) is 27.2. The quantitative estimate of drug-likeness (QED) is 0.0442. The Bertz CT molecular complexity index is 2640. The van der Waals surface area contributed by atoms with E-state index < -0.39 is 21.2 Å². The molecule has 472 valence electrons. The highest BCUT2D eigenvalue weighted by atomic mass is 32.3. The third-order valence-electron chi connectivity index (χ3n) is 19.1. The number of carbonyl (C=O) groups is 1. The summed E-state index contributed by atoms with van der Waals surface area (Å²) in [6.45, 7) is 43.6. The van der Waals surface area contributed by atoms with Gasteiger partial charge in [0.15, 0.2) is 0 Å². The van der Waals surface area contributed by atoms with E-state index in [0.29, 0.717) is 26.0 Å². The number of nitrogens with one attached hydrogen (secondary N) is 1. The maximum atomic E-state index is 12.2. The van der Waals surface area contributed by atoms with E-state index in [1.54, 1.807) is 16.9 Å². The van der Waals surface area contributed by atoms with Crippen molar-refractivity contribution in [2.75, 3.05) is 62.2 Å². The standard InChI is InChI=1S/C74H117NO6S3/c1-20-42-68(9,10)80-47-45-72(16,23-4)83-49-28-51-84(50-27-48-82-55-71(15,22-3)54-78-56(8)21-2)65-52-59(73(17,24-5)57-29-35-61(77-19)36-30-57)33-39-63(65)64-40-34-60(53-66(64)84)74(18,25-6)58-31-37-62(38-32-58)81-70(13,14)44-46-79-69(11,12)43-41-67(76)75-26-7/h29-40,52-53,56H,20-28,41-51,54-55H2,1-19H3,(H,75,76). The van der Waals surface area contributed by atoms with Crippen LogP contribution in [-0.4, -0.2) is 95.8 Å². The maximum Gasteiger partial charge on any atom is 0.220 e. The van der Waals surface area contributed by atoms with Crippen LogP contribution in [0.5, 0.6) is 11.5 Å². The summed E-state index contributed by atoms with van der Waals surface area (Å²) in [7, 11) is 0.208. The number of methoxy groups -OCH3 is 1. The molecular formula is C74H117NO6S3. The first-order valence-corrected chi connectivity index (χ1v) is 36.7. The van der Waals surface area contributed by atoms with Crippen molar-refractivity contribution in [3.63, 3.8) is 0 Å². The molecule has 84 heavy (non-hydrogen) atoms. The zero-order valence-electron chi connectivity index (χ0n) is 56.4. The molecule has 4 aromatic carbocycles. The van der Waals surface area contributed by atoms with Crippen LogP contribution in [0, 0.1) is 5.41 Å². The number of hydrogen-bond acceptors (Lipinski definition) is 8. The van der Waals surface area contributed by atoms with Gasteiger partial charge in [-0.3, -0.25) is 4.79 Å². The smallest absolute Gasteiger partial charge is 0.220 e. The molecule has 1 heterocycles. The Balaban J connectivity index is 1.55. The van der Waals surface area contributed by atoms with Gasteiger partial charge < -0.3 is 29.0 Å². The average Bonchev–Trinajstić information content (AvgIpc) is 1.82. The van der Waals surface area contributed by atoms with Crippen LogP contribution in [-0.2, 0) is 29.8 Å². The van der Waals surface area contributed by atoms with Gasteiger partial charge in [0.1, 0.15) is 17.1 Å². The molecule has 10 heteroatoms. The molecule has 0 aromatic heterocycles.